The van der Waals surface area contributed by atoms with Crippen LogP contribution in [0, 0.1) is 0 Å². The van der Waals surface area contributed by atoms with Crippen molar-refractivity contribution in [2.45, 2.75) is 12.6 Å². The van der Waals surface area contributed by atoms with E-state index in [0.717, 1.165) is 16.8 Å². The SMILES string of the molecule is O=C1N(OS(=O)(=O)O)C2CN1N(Cc1cccnc1)c1ccccc12. The molecule has 0 saturated carbocycles. The summed E-state index contributed by atoms with van der Waals surface area (Å²) in [6, 6.07) is 9.66. The van der Waals surface area contributed by atoms with Gasteiger partial charge in [0.1, 0.15) is 6.04 Å². The molecule has 2 amide bonds. The van der Waals surface area contributed by atoms with Crippen molar-refractivity contribution in [1.29, 1.82) is 0 Å². The maximum absolute atomic E-state index is 12.6. The summed E-state index contributed by atoms with van der Waals surface area (Å²) in [5, 5.41) is 3.83. The first-order chi connectivity index (χ1) is 11.9. The molecule has 2 aliphatic heterocycles. The number of hydrazine groups is 1. The molecule has 1 N–H and O–H groups in total. The maximum Gasteiger partial charge on any atom is 0.418 e. The first kappa shape index (κ1) is 15.8. The third-order valence-electron chi connectivity index (χ3n) is 4.13. The number of para-hydroxylation sites is 1. The normalized spacial score (nSPS) is 19.3. The smallest absolute Gasteiger partial charge is 0.277 e. The van der Waals surface area contributed by atoms with Gasteiger partial charge in [-0.05, 0) is 17.7 Å². The number of rotatable bonds is 4. The highest BCUT2D eigenvalue weighted by atomic mass is 32.3. The fourth-order valence-corrected chi connectivity index (χ4v) is 3.52. The first-order valence-electron chi connectivity index (χ1n) is 7.47. The zero-order valence-electron chi connectivity index (χ0n) is 12.9. The third-order valence-corrected chi connectivity index (χ3v) is 4.48. The fraction of sp³-hybridized carbons (Fsp3) is 0.200. The Balaban J connectivity index is 1.75. The Labute approximate surface area is 143 Å². The van der Waals surface area contributed by atoms with Crippen molar-refractivity contribution in [3.8, 4) is 0 Å². The van der Waals surface area contributed by atoms with Gasteiger partial charge in [-0.15, -0.1) is 4.28 Å². The zero-order valence-corrected chi connectivity index (χ0v) is 13.7. The number of anilines is 1. The number of hydroxylamine groups is 2. The molecule has 1 aromatic carbocycles. The van der Waals surface area contributed by atoms with Gasteiger partial charge in [0, 0.05) is 18.0 Å². The summed E-state index contributed by atoms with van der Waals surface area (Å²) in [4.78, 5) is 16.7. The van der Waals surface area contributed by atoms with Crippen LogP contribution in [0.25, 0.3) is 0 Å². The quantitative estimate of drug-likeness (QED) is 0.823. The van der Waals surface area contributed by atoms with Crippen LogP contribution in [-0.2, 0) is 21.2 Å². The van der Waals surface area contributed by atoms with Gasteiger partial charge in [-0.1, -0.05) is 24.3 Å². The molecule has 0 spiro atoms. The van der Waals surface area contributed by atoms with Crippen molar-refractivity contribution < 1.29 is 22.0 Å². The van der Waals surface area contributed by atoms with Crippen LogP contribution in [0.1, 0.15) is 17.2 Å². The van der Waals surface area contributed by atoms with Gasteiger partial charge < -0.3 is 0 Å². The largest absolute Gasteiger partial charge is 0.418 e. The lowest BCUT2D eigenvalue weighted by molar-refractivity contribution is -0.0315. The molecular formula is C15H14N4O5S. The Morgan fingerprint density at radius 3 is 2.76 bits per heavy atom. The molecule has 25 heavy (non-hydrogen) atoms. The minimum atomic E-state index is -4.81. The van der Waals surface area contributed by atoms with Gasteiger partial charge in [0.05, 0.1) is 18.8 Å². The van der Waals surface area contributed by atoms with E-state index in [1.165, 1.54) is 5.01 Å². The lowest BCUT2D eigenvalue weighted by Crippen LogP contribution is -2.46. The van der Waals surface area contributed by atoms with E-state index >= 15 is 0 Å². The number of nitrogens with zero attached hydrogens (tertiary/aromatic N) is 4. The first-order valence-corrected chi connectivity index (χ1v) is 8.83. The molecule has 10 heteroatoms. The molecule has 1 saturated heterocycles. The molecule has 1 fully saturated rings. The molecule has 1 unspecified atom stereocenters. The molecule has 0 aliphatic carbocycles. The van der Waals surface area contributed by atoms with Gasteiger partial charge in [0.15, 0.2) is 0 Å². The molecule has 2 aliphatic rings. The number of urea groups is 1. The van der Waals surface area contributed by atoms with E-state index < -0.39 is 22.5 Å². The monoisotopic (exact) mass is 362 g/mol. The highest BCUT2D eigenvalue weighted by Crippen LogP contribution is 2.43. The summed E-state index contributed by atoms with van der Waals surface area (Å²) in [6.07, 6.45) is 3.36. The average Bonchev–Trinajstić information content (AvgIpc) is 2.85. The van der Waals surface area contributed by atoms with Gasteiger partial charge in [-0.3, -0.25) is 14.5 Å². The third kappa shape index (κ3) is 2.80. The van der Waals surface area contributed by atoms with Crippen LogP contribution in [0.3, 0.4) is 0 Å². The van der Waals surface area contributed by atoms with Crippen LogP contribution in [0.5, 0.6) is 0 Å². The molecule has 3 heterocycles. The lowest BCUT2D eigenvalue weighted by atomic mass is 10.0. The number of benzene rings is 1. The van der Waals surface area contributed by atoms with Crippen LogP contribution < -0.4 is 5.01 Å². The predicted octanol–water partition coefficient (Wildman–Crippen LogP) is 1.53. The number of hydrogen-bond donors (Lipinski definition) is 1. The van der Waals surface area contributed by atoms with E-state index in [1.807, 2.05) is 18.2 Å². The highest BCUT2D eigenvalue weighted by molar-refractivity contribution is 7.80. The van der Waals surface area contributed by atoms with Crippen molar-refractivity contribution in [1.82, 2.24) is 15.1 Å². The van der Waals surface area contributed by atoms with Crippen molar-refractivity contribution >= 4 is 22.1 Å². The van der Waals surface area contributed by atoms with Crippen LogP contribution in [0.4, 0.5) is 10.5 Å². The Bertz CT molecular complexity index is 921. The van der Waals surface area contributed by atoms with E-state index in [0.29, 0.717) is 11.6 Å². The van der Waals surface area contributed by atoms with Crippen LogP contribution in [0.2, 0.25) is 0 Å². The summed E-state index contributed by atoms with van der Waals surface area (Å²) in [7, 11) is -4.81. The van der Waals surface area contributed by atoms with Crippen LogP contribution >= 0.6 is 0 Å². The minimum Gasteiger partial charge on any atom is -0.277 e. The Hall–Kier alpha value is -2.69. The Morgan fingerprint density at radius 2 is 2.04 bits per heavy atom. The van der Waals surface area contributed by atoms with E-state index in [9.17, 15) is 13.2 Å². The van der Waals surface area contributed by atoms with Gasteiger partial charge in [-0.2, -0.15) is 13.5 Å². The summed E-state index contributed by atoms with van der Waals surface area (Å²) in [6.45, 7) is 0.592. The van der Waals surface area contributed by atoms with Gasteiger partial charge in [0.25, 0.3) is 0 Å². The lowest BCUT2D eigenvalue weighted by Gasteiger charge is -2.37. The van der Waals surface area contributed by atoms with E-state index in [2.05, 4.69) is 9.27 Å². The second kappa shape index (κ2) is 5.69. The molecule has 1 aromatic heterocycles. The molecular weight excluding hydrogens is 348 g/mol. The molecule has 9 nitrogen and oxygen atoms in total. The van der Waals surface area contributed by atoms with Crippen LogP contribution in [0.15, 0.2) is 48.8 Å². The number of aromatic nitrogens is 1. The van der Waals surface area contributed by atoms with Crippen molar-refractivity contribution in [2.75, 3.05) is 11.6 Å². The van der Waals surface area contributed by atoms with Crippen LogP contribution in [-0.4, -0.2) is 40.6 Å². The maximum atomic E-state index is 12.6. The number of hydrogen-bond acceptors (Lipinski definition) is 6. The van der Waals surface area contributed by atoms with Gasteiger partial charge in [0.2, 0.25) is 0 Å². The molecule has 4 rings (SSSR count). The standard InChI is InChI=1S/C15H14N4O5S/c20-15-18-10-14(19(15)24-25(21,22)23)12-5-1-2-6-13(12)17(18)9-11-4-3-7-16-8-11/h1-8,14H,9-10H2,(H,21,22,23). The Morgan fingerprint density at radius 1 is 1.24 bits per heavy atom. The van der Waals surface area contributed by atoms with E-state index in [-0.39, 0.29) is 6.54 Å². The van der Waals surface area contributed by atoms with Crippen molar-refractivity contribution in [2.24, 2.45) is 0 Å². The second-order valence-corrected chi connectivity index (χ2v) is 6.69. The number of fused-ring (bicyclic) bond motifs is 4. The second-order valence-electron chi connectivity index (χ2n) is 5.69. The summed E-state index contributed by atoms with van der Waals surface area (Å²) in [5.41, 5.74) is 2.38. The fourth-order valence-electron chi connectivity index (χ4n) is 3.14. The van der Waals surface area contributed by atoms with Crippen molar-refractivity contribution in [3.05, 3.63) is 59.9 Å². The molecule has 0 radical (unpaired) electrons. The van der Waals surface area contributed by atoms with Gasteiger partial charge in [-0.25, -0.2) is 9.80 Å². The number of carbonyl (C=O) groups excluding carboxylic acids is 1. The molecule has 2 bridgehead atoms. The predicted molar refractivity (Wildman–Crippen MR) is 86.2 cm³/mol. The number of pyridine rings is 1. The number of amides is 2. The van der Waals surface area contributed by atoms with Crippen molar-refractivity contribution in [3.63, 3.8) is 0 Å². The molecule has 130 valence electrons. The minimum absolute atomic E-state index is 0.214. The molecule has 1 atom stereocenters. The highest BCUT2D eigenvalue weighted by Gasteiger charge is 2.49. The Kier molecular flexibility index (Phi) is 3.60. The summed E-state index contributed by atoms with van der Waals surface area (Å²) >= 11 is 0. The topological polar surface area (TPSA) is 103 Å². The van der Waals surface area contributed by atoms with Gasteiger partial charge >= 0.3 is 16.4 Å². The summed E-state index contributed by atoms with van der Waals surface area (Å²) < 4.78 is 35.7. The summed E-state index contributed by atoms with van der Waals surface area (Å²) in [5.74, 6) is 0. The van der Waals surface area contributed by atoms with E-state index in [4.69, 9.17) is 4.55 Å². The molecule has 2 aromatic rings. The average molecular weight is 362 g/mol. The van der Waals surface area contributed by atoms with E-state index in [1.54, 1.807) is 35.6 Å². The zero-order chi connectivity index (χ0) is 17.6. The number of carbonyl (C=O) groups is 1.